The number of benzene rings is 2. The van der Waals surface area contributed by atoms with Crippen LogP contribution in [0.4, 0.5) is 21.0 Å². The number of likely N-dealkylation sites (N-methyl/N-ethyl adjacent to an activating group) is 2. The first-order valence-corrected chi connectivity index (χ1v) is 45.8. The summed E-state index contributed by atoms with van der Waals surface area (Å²) in [4.78, 5) is 137. The number of esters is 2. The standard InChI is InChI=1S/C43H63ClN4O11S2.C41H59ClN4O11S2/c1-25-12-10-13-30(24-50)43(56)22-32(57-40(55)46-43)26(2)38-42(6,59-38)33(21-36(53)48(9)31-20-28(18-25)19-29(23-49)37(31)44)58-39(54)27(3)47(8)35(52)15-16-41(4,5)61-60-17-11-14-34(51)45-7;1-23-10-9-11-29(22-48)41(54)20-31(55-39(53)44-41)25(3)37-40(5,57-37)32(19-35(51)46(8)30-18-27(16-23)17-28(21-47)36(30)42)56-38(52)26(4)45(7)34(50)14-15-58-59-24(2)12-13-33(49)43-6/h10,12-13,19-20,26-27,30,32-33,38,49-50,56H,11,14-18,21-24H2,1-9H3,(H,45,51)(H,46,55);9-11,17-18,24-26,29,31-32,37,47-48,54H,12-16,19-22H2,1-8H3,(H,43,49)(H,44,53)/b13-10+,25-12+;11-9+,23-10+/t26-,27+,30+,32+,33+,38+,42+,43+;24?,25-,26+,29+,31+,32+,37+,40+,41+/m11/s1. The summed E-state index contributed by atoms with van der Waals surface area (Å²) < 4.78 is 35.8. The lowest BCUT2D eigenvalue weighted by atomic mass is 9.81. The molecule has 36 heteroatoms. The summed E-state index contributed by atoms with van der Waals surface area (Å²) >= 11 is 13.5. The van der Waals surface area contributed by atoms with Crippen LogP contribution in [-0.2, 0) is 92.8 Å². The molecule has 8 bridgehead atoms. The lowest BCUT2D eigenvalue weighted by Gasteiger charge is -2.42. The smallest absolute Gasteiger partial charge is 0.409 e. The summed E-state index contributed by atoms with van der Waals surface area (Å²) in [6, 6.07) is 4.91. The molecule has 30 nitrogen and oxygen atoms in total. The number of amides is 8. The SMILES string of the molecule is CNC(=O)CCC(C)SSCCC(=O)N(C)[C@@H](C)C(=O)O[C@H]1CC(=O)N(C)c2cc(cc(CO)c2Cl)C/C(C)=C/C=C/[C@@H](CO)[C@@]2(O)C[C@H](OC(=O)N2)[C@@H](C)[C@@H]2O[C@@]12C.CNC(=O)CCCSSC(C)(C)CCC(=O)N(C)[C@@H](C)C(=O)O[C@H]1CC(=O)N(C)c2cc(cc(CO)c2Cl)C/C(C)=C/C=C/[C@@H](CO)[C@@]2(O)C[C@H](OC(=O)N2)[C@@H](C)[C@@H]2O[C@@]12C. The van der Waals surface area contributed by atoms with Gasteiger partial charge in [-0.15, -0.1) is 0 Å². The average Bonchev–Trinajstić information content (AvgIpc) is 1.57. The summed E-state index contributed by atoms with van der Waals surface area (Å²) in [6.07, 6.45) is 5.83. The van der Waals surface area contributed by atoms with Crippen molar-refractivity contribution in [2.24, 2.45) is 23.7 Å². The molecule has 4 saturated heterocycles. The Morgan fingerprint density at radius 1 is 0.642 bits per heavy atom. The molecule has 120 heavy (non-hydrogen) atoms. The first-order chi connectivity index (χ1) is 56.4. The number of anilines is 2. The zero-order valence-electron chi connectivity index (χ0n) is 71.6. The van der Waals surface area contributed by atoms with Gasteiger partial charge >= 0.3 is 24.1 Å². The van der Waals surface area contributed by atoms with Gasteiger partial charge < -0.3 is 89.3 Å². The molecule has 0 saturated carbocycles. The van der Waals surface area contributed by atoms with E-state index in [1.54, 1.807) is 149 Å². The van der Waals surface area contributed by atoms with Crippen LogP contribution < -0.4 is 31.1 Å². The fourth-order valence-corrected chi connectivity index (χ4v) is 20.4. The van der Waals surface area contributed by atoms with Crippen molar-refractivity contribution in [1.82, 2.24) is 31.1 Å². The Balaban J connectivity index is 0.000000331. The number of hydrogen-bond acceptors (Lipinski definition) is 26. The van der Waals surface area contributed by atoms with Gasteiger partial charge in [-0.2, -0.15) is 0 Å². The van der Waals surface area contributed by atoms with Gasteiger partial charge in [-0.05, 0) is 122 Å². The third-order valence-corrected chi connectivity index (χ3v) is 30.6. The molecular weight excluding hydrogens is 1670 g/mol. The number of carbonyl (C=O) groups is 10. The van der Waals surface area contributed by atoms with Crippen molar-refractivity contribution in [3.63, 3.8) is 0 Å². The number of aliphatic hydroxyl groups excluding tert-OH is 4. The zero-order valence-corrected chi connectivity index (χ0v) is 76.4. The Morgan fingerprint density at radius 2 is 1.06 bits per heavy atom. The van der Waals surface area contributed by atoms with Crippen LogP contribution in [0.15, 0.2) is 71.9 Å². The fourth-order valence-electron chi connectivity index (χ4n) is 14.8. The number of epoxide rings is 2. The second kappa shape index (κ2) is 44.3. The molecule has 1 unspecified atom stereocenters. The van der Waals surface area contributed by atoms with Gasteiger partial charge in [0.05, 0.1) is 72.9 Å². The maximum absolute atomic E-state index is 14.2. The molecule has 2 aromatic carbocycles. The highest BCUT2D eigenvalue weighted by Gasteiger charge is 2.66. The van der Waals surface area contributed by atoms with Gasteiger partial charge in [-0.3, -0.25) is 39.4 Å². The molecule has 2 aromatic rings. The van der Waals surface area contributed by atoms with Gasteiger partial charge in [0, 0.05) is 126 Å². The second-order valence-electron chi connectivity index (χ2n) is 32.9. The molecular formula is C84H122Cl2N8O22S4. The molecule has 0 aromatic heterocycles. The van der Waals surface area contributed by atoms with E-state index in [1.807, 2.05) is 34.6 Å². The number of rotatable bonds is 27. The molecule has 8 rings (SSSR count). The monoisotopic (exact) mass is 1790 g/mol. The van der Waals surface area contributed by atoms with Crippen molar-refractivity contribution < 1.29 is 107 Å². The maximum atomic E-state index is 14.2. The number of nitrogens with one attached hydrogen (secondary N) is 4. The second-order valence-corrected chi connectivity index (χ2v) is 39.7. The predicted octanol–water partition coefficient (Wildman–Crippen LogP) is 9.34. The molecule has 8 amide bonds. The van der Waals surface area contributed by atoms with Gasteiger partial charge in [0.25, 0.3) is 0 Å². The van der Waals surface area contributed by atoms with E-state index in [2.05, 4.69) is 21.3 Å². The molecule has 4 fully saturated rings. The Morgan fingerprint density at radius 3 is 1.47 bits per heavy atom. The minimum absolute atomic E-state index is 0.00369. The Labute approximate surface area is 729 Å². The molecule has 0 radical (unpaired) electrons. The Kier molecular flexibility index (Phi) is 37.1. The van der Waals surface area contributed by atoms with E-state index in [1.165, 1.54) is 58.5 Å². The number of hydrogen-bond donors (Lipinski definition) is 10. The molecule has 668 valence electrons. The lowest BCUT2D eigenvalue weighted by Crippen LogP contribution is -2.62. The minimum atomic E-state index is -1.88. The van der Waals surface area contributed by atoms with Crippen molar-refractivity contribution in [3.05, 3.63) is 104 Å². The largest absolute Gasteiger partial charge is 0.457 e. The summed E-state index contributed by atoms with van der Waals surface area (Å²) in [5.74, 6) is -4.78. The topological polar surface area (TPSA) is 415 Å². The van der Waals surface area contributed by atoms with E-state index in [0.717, 1.165) is 34.4 Å². The quantitative estimate of drug-likeness (QED) is 0.0131. The van der Waals surface area contributed by atoms with Crippen LogP contribution in [0, 0.1) is 23.7 Å². The van der Waals surface area contributed by atoms with Crippen molar-refractivity contribution in [2.75, 3.05) is 76.8 Å². The van der Waals surface area contributed by atoms with E-state index < -0.39 is 144 Å². The van der Waals surface area contributed by atoms with Gasteiger partial charge in [0.2, 0.25) is 35.4 Å². The van der Waals surface area contributed by atoms with E-state index in [9.17, 15) is 78.6 Å². The third kappa shape index (κ3) is 26.5. The normalized spacial score (nSPS) is 29.3. The van der Waals surface area contributed by atoms with Gasteiger partial charge in [-0.1, -0.05) is 147 Å². The molecule has 17 atom stereocenters. The first kappa shape index (κ1) is 100. The highest BCUT2D eigenvalue weighted by molar-refractivity contribution is 8.77. The molecule has 0 spiro atoms. The average molecular weight is 1800 g/mol. The number of halogens is 2. The first-order valence-electron chi connectivity index (χ1n) is 40.3. The van der Waals surface area contributed by atoms with E-state index in [-0.39, 0.29) is 95.4 Å². The highest BCUT2D eigenvalue weighted by atomic mass is 35.5. The van der Waals surface area contributed by atoms with E-state index in [4.69, 9.17) is 51.6 Å². The van der Waals surface area contributed by atoms with Crippen molar-refractivity contribution in [3.8, 4) is 0 Å². The number of aliphatic hydroxyl groups is 6. The number of alkyl carbamates (subject to hydrolysis) is 2. The summed E-state index contributed by atoms with van der Waals surface area (Å²) in [5.41, 5.74) is -1.60. The van der Waals surface area contributed by atoms with Crippen LogP contribution in [-0.4, -0.2) is 248 Å². The van der Waals surface area contributed by atoms with Crippen molar-refractivity contribution in [1.29, 1.82) is 0 Å². The van der Waals surface area contributed by atoms with Crippen molar-refractivity contribution in [2.45, 2.75) is 254 Å². The van der Waals surface area contributed by atoms with Crippen LogP contribution in [0.3, 0.4) is 0 Å². The maximum Gasteiger partial charge on any atom is 0.409 e. The Hall–Kier alpha value is -6.64. The number of carbonyl (C=O) groups excluding carboxylic acids is 10. The van der Waals surface area contributed by atoms with Crippen LogP contribution in [0.1, 0.15) is 169 Å². The zero-order chi connectivity index (χ0) is 89.3. The van der Waals surface area contributed by atoms with Crippen LogP contribution in [0.25, 0.3) is 0 Å². The number of ether oxygens (including phenoxy) is 6. The minimum Gasteiger partial charge on any atom is -0.457 e. The lowest BCUT2D eigenvalue weighted by molar-refractivity contribution is -0.162. The molecule has 6 aliphatic rings. The third-order valence-electron chi connectivity index (χ3n) is 23.3. The fraction of sp³-hybridized carbons (Fsp3) is 0.643. The predicted molar refractivity (Wildman–Crippen MR) is 464 cm³/mol. The highest BCUT2D eigenvalue weighted by Crippen LogP contribution is 2.52. The molecule has 0 aliphatic carbocycles. The van der Waals surface area contributed by atoms with Crippen LogP contribution >= 0.6 is 66.4 Å². The van der Waals surface area contributed by atoms with Crippen LogP contribution in [0.5, 0.6) is 0 Å². The molecule has 6 aliphatic heterocycles. The summed E-state index contributed by atoms with van der Waals surface area (Å²) in [5, 5.41) is 75.3. The van der Waals surface area contributed by atoms with Gasteiger partial charge in [0.1, 0.15) is 47.7 Å². The number of allylic oxidation sites excluding steroid dienone is 6. The van der Waals surface area contributed by atoms with Gasteiger partial charge in [0.15, 0.2) is 11.4 Å². The van der Waals surface area contributed by atoms with Crippen LogP contribution in [0.2, 0.25) is 10.0 Å². The molecule has 6 heterocycles. The molecule has 10 N–H and O–H groups in total. The van der Waals surface area contributed by atoms with Crippen molar-refractivity contribution >= 4 is 137 Å². The summed E-state index contributed by atoms with van der Waals surface area (Å²) in [6.45, 7) is 18.1. The summed E-state index contributed by atoms with van der Waals surface area (Å²) in [7, 11) is 15.7. The van der Waals surface area contributed by atoms with Gasteiger partial charge in [-0.25, -0.2) is 19.2 Å². The van der Waals surface area contributed by atoms with E-state index >= 15 is 0 Å². The van der Waals surface area contributed by atoms with E-state index in [0.29, 0.717) is 66.8 Å². The number of fused-ring (bicyclic) bond motifs is 10. The Bertz CT molecular complexity index is 4140. The number of nitrogens with zero attached hydrogens (tertiary/aromatic N) is 4.